The van der Waals surface area contributed by atoms with E-state index < -0.39 is 6.10 Å². The van der Waals surface area contributed by atoms with E-state index in [9.17, 15) is 14.7 Å². The highest BCUT2D eigenvalue weighted by Crippen LogP contribution is 2.47. The normalized spacial score (nSPS) is 40.0. The Hall–Kier alpha value is -0.750. The lowest BCUT2D eigenvalue weighted by molar-refractivity contribution is -0.138. The predicted octanol–water partition coefficient (Wildman–Crippen LogP) is 1.25. The third-order valence-corrected chi connectivity index (χ3v) is 6.56. The van der Waals surface area contributed by atoms with E-state index in [0.29, 0.717) is 12.2 Å². The minimum Gasteiger partial charge on any atom is -0.391 e. The molecular weight excluding hydrogens is 288 g/mol. The van der Waals surface area contributed by atoms with Crippen molar-refractivity contribution in [1.82, 2.24) is 10.2 Å². The van der Waals surface area contributed by atoms with Crippen molar-refractivity contribution in [2.75, 3.05) is 5.75 Å². The van der Waals surface area contributed by atoms with Crippen molar-refractivity contribution in [3.63, 3.8) is 0 Å². The van der Waals surface area contributed by atoms with E-state index in [0.717, 1.165) is 38.5 Å². The lowest BCUT2D eigenvalue weighted by Crippen LogP contribution is -2.54. The number of hydrogen-bond donors (Lipinski definition) is 2. The Labute approximate surface area is 129 Å². The van der Waals surface area contributed by atoms with Gasteiger partial charge in [0.1, 0.15) is 6.04 Å². The number of rotatable bonds is 2. The molecule has 3 fully saturated rings. The number of amides is 2. The maximum Gasteiger partial charge on any atom is 0.244 e. The summed E-state index contributed by atoms with van der Waals surface area (Å²) in [6, 6.07) is -0.528. The molecule has 0 aromatic rings. The third kappa shape index (κ3) is 2.80. The van der Waals surface area contributed by atoms with Crippen molar-refractivity contribution in [3.8, 4) is 0 Å². The van der Waals surface area contributed by atoms with Crippen LogP contribution in [-0.2, 0) is 9.59 Å². The molecule has 118 valence electrons. The standard InChI is InChI=1S/C15H24N2O3S/c1-15-8-7-13(19)17(15)11(9-21-15)14(20)16-10-5-3-2-4-6-12(10)18/h10-12,18H,2-9H2,1H3,(H,16,20). The zero-order valence-corrected chi connectivity index (χ0v) is 13.3. The largest absolute Gasteiger partial charge is 0.391 e. The van der Waals surface area contributed by atoms with E-state index in [-0.39, 0.29) is 28.8 Å². The molecule has 2 heterocycles. The van der Waals surface area contributed by atoms with Crippen LogP contribution >= 0.6 is 11.8 Å². The number of aliphatic hydroxyl groups is 1. The lowest BCUT2D eigenvalue weighted by atomic mass is 10.1. The van der Waals surface area contributed by atoms with E-state index in [1.807, 2.05) is 0 Å². The summed E-state index contributed by atoms with van der Waals surface area (Å²) in [5.41, 5.74) is 0. The summed E-state index contributed by atoms with van der Waals surface area (Å²) in [6.45, 7) is 2.05. The number of fused-ring (bicyclic) bond motifs is 1. The molecule has 0 radical (unpaired) electrons. The van der Waals surface area contributed by atoms with Crippen LogP contribution in [0.15, 0.2) is 0 Å². The summed E-state index contributed by atoms with van der Waals surface area (Å²) in [5.74, 6) is 0.660. The maximum absolute atomic E-state index is 12.6. The minimum atomic E-state index is -0.453. The second-order valence-corrected chi connectivity index (χ2v) is 8.09. The van der Waals surface area contributed by atoms with Crippen LogP contribution in [-0.4, -0.2) is 50.6 Å². The smallest absolute Gasteiger partial charge is 0.244 e. The minimum absolute atomic E-state index is 0.0871. The van der Waals surface area contributed by atoms with Gasteiger partial charge in [-0.3, -0.25) is 9.59 Å². The lowest BCUT2D eigenvalue weighted by Gasteiger charge is -2.31. The molecule has 1 aliphatic carbocycles. The van der Waals surface area contributed by atoms with Crippen LogP contribution in [0.4, 0.5) is 0 Å². The number of aliphatic hydroxyl groups excluding tert-OH is 1. The molecule has 3 aliphatic rings. The van der Waals surface area contributed by atoms with Gasteiger partial charge in [-0.05, 0) is 26.2 Å². The second-order valence-electron chi connectivity index (χ2n) is 6.59. The number of carbonyl (C=O) groups is 2. The fraction of sp³-hybridized carbons (Fsp3) is 0.867. The molecule has 0 bridgehead atoms. The molecule has 0 spiro atoms. The third-order valence-electron chi connectivity index (χ3n) is 5.05. The maximum atomic E-state index is 12.6. The average molecular weight is 312 g/mol. The molecule has 2 N–H and O–H groups in total. The monoisotopic (exact) mass is 312 g/mol. The van der Waals surface area contributed by atoms with Gasteiger partial charge in [0.2, 0.25) is 11.8 Å². The zero-order chi connectivity index (χ0) is 15.0. The SMILES string of the molecule is CC12CCC(=O)N1C(C(=O)NC1CCCCCC1O)CS2. The van der Waals surface area contributed by atoms with Crippen molar-refractivity contribution in [2.45, 2.75) is 74.9 Å². The highest BCUT2D eigenvalue weighted by Gasteiger charge is 2.53. The summed E-state index contributed by atoms with van der Waals surface area (Å²) in [7, 11) is 0. The van der Waals surface area contributed by atoms with Crippen LogP contribution in [0.5, 0.6) is 0 Å². The first kappa shape index (κ1) is 15.2. The Morgan fingerprint density at radius 2 is 2.14 bits per heavy atom. The van der Waals surface area contributed by atoms with E-state index in [4.69, 9.17) is 0 Å². The number of nitrogens with one attached hydrogen (secondary N) is 1. The first-order valence-electron chi connectivity index (χ1n) is 7.96. The molecule has 1 saturated carbocycles. The molecule has 2 amide bonds. The number of hydrogen-bond acceptors (Lipinski definition) is 4. The Kier molecular flexibility index (Phi) is 4.19. The first-order chi connectivity index (χ1) is 10.0. The summed E-state index contributed by atoms with van der Waals surface area (Å²) in [5, 5.41) is 13.1. The Morgan fingerprint density at radius 3 is 2.95 bits per heavy atom. The first-order valence-corrected chi connectivity index (χ1v) is 8.94. The molecule has 2 saturated heterocycles. The summed E-state index contributed by atoms with van der Waals surface area (Å²) in [4.78, 5) is 26.2. The topological polar surface area (TPSA) is 69.6 Å². The Morgan fingerprint density at radius 1 is 1.38 bits per heavy atom. The van der Waals surface area contributed by atoms with Gasteiger partial charge in [-0.25, -0.2) is 0 Å². The zero-order valence-electron chi connectivity index (χ0n) is 12.5. The molecule has 4 unspecified atom stereocenters. The van der Waals surface area contributed by atoms with E-state index >= 15 is 0 Å². The van der Waals surface area contributed by atoms with Gasteiger partial charge in [-0.2, -0.15) is 0 Å². The number of carbonyl (C=O) groups excluding carboxylic acids is 2. The van der Waals surface area contributed by atoms with Crippen molar-refractivity contribution in [3.05, 3.63) is 0 Å². The van der Waals surface area contributed by atoms with Crippen molar-refractivity contribution < 1.29 is 14.7 Å². The number of thioether (sulfide) groups is 1. The van der Waals surface area contributed by atoms with Gasteiger partial charge < -0.3 is 15.3 Å². The van der Waals surface area contributed by atoms with Crippen LogP contribution in [0, 0.1) is 0 Å². The van der Waals surface area contributed by atoms with Crippen LogP contribution in [0.3, 0.4) is 0 Å². The van der Waals surface area contributed by atoms with Gasteiger partial charge in [0.05, 0.1) is 17.0 Å². The van der Waals surface area contributed by atoms with Crippen LogP contribution in [0.2, 0.25) is 0 Å². The number of nitrogens with zero attached hydrogens (tertiary/aromatic N) is 1. The highest BCUT2D eigenvalue weighted by atomic mass is 32.2. The molecular formula is C15H24N2O3S. The molecule has 6 heteroatoms. The Balaban J connectivity index is 1.66. The van der Waals surface area contributed by atoms with Crippen molar-refractivity contribution in [2.24, 2.45) is 0 Å². The van der Waals surface area contributed by atoms with E-state index in [2.05, 4.69) is 12.2 Å². The van der Waals surface area contributed by atoms with Gasteiger partial charge in [-0.15, -0.1) is 11.8 Å². The summed E-state index contributed by atoms with van der Waals surface area (Å²) >= 11 is 1.70. The second kappa shape index (κ2) is 5.80. The van der Waals surface area contributed by atoms with Gasteiger partial charge in [-0.1, -0.05) is 19.3 Å². The summed E-state index contributed by atoms with van der Waals surface area (Å²) < 4.78 is 0. The molecule has 0 aromatic heterocycles. The van der Waals surface area contributed by atoms with E-state index in [1.54, 1.807) is 16.7 Å². The predicted molar refractivity (Wildman–Crippen MR) is 81.8 cm³/mol. The molecule has 21 heavy (non-hydrogen) atoms. The van der Waals surface area contributed by atoms with Gasteiger partial charge in [0.15, 0.2) is 0 Å². The highest BCUT2D eigenvalue weighted by molar-refractivity contribution is 8.01. The van der Waals surface area contributed by atoms with Crippen molar-refractivity contribution in [1.29, 1.82) is 0 Å². The van der Waals surface area contributed by atoms with Gasteiger partial charge in [0.25, 0.3) is 0 Å². The fourth-order valence-corrected chi connectivity index (χ4v) is 5.18. The van der Waals surface area contributed by atoms with Crippen molar-refractivity contribution >= 4 is 23.6 Å². The quantitative estimate of drug-likeness (QED) is 0.753. The molecule has 3 rings (SSSR count). The summed E-state index contributed by atoms with van der Waals surface area (Å²) in [6.07, 6.45) is 5.68. The Bertz CT molecular complexity index is 445. The van der Waals surface area contributed by atoms with E-state index in [1.165, 1.54) is 0 Å². The fourth-order valence-electron chi connectivity index (χ4n) is 3.75. The molecule has 4 atom stereocenters. The van der Waals surface area contributed by atoms with Crippen LogP contribution < -0.4 is 5.32 Å². The molecule has 2 aliphatic heterocycles. The molecule has 0 aromatic carbocycles. The van der Waals surface area contributed by atoms with Gasteiger partial charge >= 0.3 is 0 Å². The van der Waals surface area contributed by atoms with Gasteiger partial charge in [0, 0.05) is 12.2 Å². The van der Waals surface area contributed by atoms with Crippen LogP contribution in [0.25, 0.3) is 0 Å². The van der Waals surface area contributed by atoms with Crippen LogP contribution in [0.1, 0.15) is 51.9 Å². The average Bonchev–Trinajstić information content (AvgIpc) is 2.85. The molecule has 5 nitrogen and oxygen atoms in total.